The first-order chi connectivity index (χ1) is 12.8. The van der Waals surface area contributed by atoms with Gasteiger partial charge in [-0.3, -0.25) is 9.48 Å². The molecular formula is C18H22BrN3O5. The van der Waals surface area contributed by atoms with E-state index in [0.717, 1.165) is 15.4 Å². The van der Waals surface area contributed by atoms with E-state index < -0.39 is 37.0 Å². The maximum atomic E-state index is 11.8. The number of allylic oxidation sites excluding steroid dienone is 1. The maximum absolute atomic E-state index is 11.8. The second-order valence-electron chi connectivity index (χ2n) is 6.60. The molecule has 0 fully saturated rings. The Morgan fingerprint density at radius 2 is 2.19 bits per heavy atom. The lowest BCUT2D eigenvalue weighted by atomic mass is 9.92. The van der Waals surface area contributed by atoms with Crippen molar-refractivity contribution in [2.45, 2.75) is 44.2 Å². The standard InChI is InChI=1S/C18H22BrN3O5/c1-9-6-14(22-7-11-12(19)4-3-5-13(11)21-22)16(20-10(2)24)18(27-9)17(26)15(25)8-23/h3-7,14-18,23,25-26H,8H2,1-2H3,(H,20,24)/t14-,15+,16+,17+,18+/m0/s1. The molecule has 4 N–H and O–H groups in total. The fourth-order valence-corrected chi connectivity index (χ4v) is 3.75. The second-order valence-corrected chi connectivity index (χ2v) is 7.45. The Kier molecular flexibility index (Phi) is 5.85. The number of fused-ring (bicyclic) bond motifs is 1. The number of ether oxygens (including phenoxy) is 1. The third kappa shape index (κ3) is 4.01. The number of carbonyl (C=O) groups is 1. The molecule has 5 atom stereocenters. The third-order valence-electron chi connectivity index (χ3n) is 4.56. The van der Waals surface area contributed by atoms with Crippen molar-refractivity contribution in [1.82, 2.24) is 15.1 Å². The Balaban J connectivity index is 2.05. The molecule has 1 amide bonds. The molecule has 2 aromatic rings. The van der Waals surface area contributed by atoms with Crippen LogP contribution in [0.5, 0.6) is 0 Å². The molecular weight excluding hydrogens is 418 g/mol. The lowest BCUT2D eigenvalue weighted by Gasteiger charge is -2.40. The zero-order chi connectivity index (χ0) is 19.7. The summed E-state index contributed by atoms with van der Waals surface area (Å²) in [6.07, 6.45) is -0.102. The van der Waals surface area contributed by atoms with Crippen LogP contribution < -0.4 is 5.32 Å². The minimum Gasteiger partial charge on any atom is -0.490 e. The third-order valence-corrected chi connectivity index (χ3v) is 5.25. The maximum Gasteiger partial charge on any atom is 0.217 e. The van der Waals surface area contributed by atoms with Gasteiger partial charge in [0.05, 0.1) is 30.0 Å². The molecule has 2 heterocycles. The lowest BCUT2D eigenvalue weighted by Crippen LogP contribution is -2.57. The van der Waals surface area contributed by atoms with Crippen LogP contribution in [0.15, 0.2) is 40.7 Å². The summed E-state index contributed by atoms with van der Waals surface area (Å²) in [7, 11) is 0. The molecule has 8 nitrogen and oxygen atoms in total. The van der Waals surface area contributed by atoms with Crippen LogP contribution in [0.3, 0.4) is 0 Å². The lowest BCUT2D eigenvalue weighted by molar-refractivity contribution is -0.127. The Morgan fingerprint density at radius 3 is 2.81 bits per heavy atom. The molecule has 1 aliphatic heterocycles. The molecule has 0 unspecified atom stereocenters. The number of nitrogens with zero attached hydrogens (tertiary/aromatic N) is 2. The van der Waals surface area contributed by atoms with Gasteiger partial charge in [0.15, 0.2) is 0 Å². The van der Waals surface area contributed by atoms with Crippen LogP contribution in [0.4, 0.5) is 0 Å². The summed E-state index contributed by atoms with van der Waals surface area (Å²) in [6.45, 7) is 2.46. The Labute approximate surface area is 164 Å². The summed E-state index contributed by atoms with van der Waals surface area (Å²) < 4.78 is 8.30. The first kappa shape index (κ1) is 19.8. The minimum absolute atomic E-state index is 0.310. The number of carbonyl (C=O) groups excluding carboxylic acids is 1. The summed E-state index contributed by atoms with van der Waals surface area (Å²) in [6, 6.07) is 4.52. The molecule has 0 saturated carbocycles. The first-order valence-corrected chi connectivity index (χ1v) is 9.33. The number of aliphatic hydroxyl groups excluding tert-OH is 3. The Bertz CT molecular complexity index is 868. The van der Waals surface area contributed by atoms with E-state index in [4.69, 9.17) is 4.74 Å². The van der Waals surface area contributed by atoms with E-state index in [1.165, 1.54) is 6.92 Å². The second kappa shape index (κ2) is 7.97. The van der Waals surface area contributed by atoms with Crippen LogP contribution in [-0.2, 0) is 9.53 Å². The summed E-state index contributed by atoms with van der Waals surface area (Å²) in [4.78, 5) is 11.8. The summed E-state index contributed by atoms with van der Waals surface area (Å²) in [5.41, 5.74) is 0.774. The highest BCUT2D eigenvalue weighted by Crippen LogP contribution is 2.31. The highest BCUT2D eigenvalue weighted by Gasteiger charge is 2.42. The van der Waals surface area contributed by atoms with Crippen LogP contribution in [0, 0.1) is 0 Å². The smallest absolute Gasteiger partial charge is 0.217 e. The molecule has 1 aliphatic rings. The van der Waals surface area contributed by atoms with Gasteiger partial charge < -0.3 is 25.4 Å². The van der Waals surface area contributed by atoms with Gasteiger partial charge in [0.1, 0.15) is 18.3 Å². The highest BCUT2D eigenvalue weighted by atomic mass is 79.9. The fourth-order valence-electron chi connectivity index (χ4n) is 3.30. The zero-order valence-electron chi connectivity index (χ0n) is 14.9. The minimum atomic E-state index is -1.40. The summed E-state index contributed by atoms with van der Waals surface area (Å²) in [5.74, 6) is 0.213. The molecule has 0 radical (unpaired) electrons. The van der Waals surface area contributed by atoms with Crippen molar-refractivity contribution in [1.29, 1.82) is 0 Å². The van der Waals surface area contributed by atoms with Crippen molar-refractivity contribution >= 4 is 32.7 Å². The molecule has 3 rings (SSSR count). The Morgan fingerprint density at radius 1 is 1.44 bits per heavy atom. The number of aromatic nitrogens is 2. The summed E-state index contributed by atoms with van der Waals surface area (Å²) >= 11 is 3.50. The predicted molar refractivity (Wildman–Crippen MR) is 102 cm³/mol. The Hall–Kier alpha value is -1.94. The topological polar surface area (TPSA) is 117 Å². The van der Waals surface area contributed by atoms with Gasteiger partial charge in [0.25, 0.3) is 0 Å². The van der Waals surface area contributed by atoms with E-state index in [9.17, 15) is 20.1 Å². The predicted octanol–water partition coefficient (Wildman–Crippen LogP) is 0.861. The molecule has 0 bridgehead atoms. The average Bonchev–Trinajstić information content (AvgIpc) is 3.06. The molecule has 1 aromatic carbocycles. The van der Waals surface area contributed by atoms with E-state index in [1.54, 1.807) is 17.7 Å². The quantitative estimate of drug-likeness (QED) is 0.548. The van der Waals surface area contributed by atoms with Crippen molar-refractivity contribution in [2.24, 2.45) is 0 Å². The summed E-state index contributed by atoms with van der Waals surface area (Å²) in [5, 5.41) is 37.8. The largest absolute Gasteiger partial charge is 0.490 e. The van der Waals surface area contributed by atoms with Crippen molar-refractivity contribution < 1.29 is 24.9 Å². The number of rotatable bonds is 5. The normalized spacial score (nSPS) is 24.8. The first-order valence-electron chi connectivity index (χ1n) is 8.54. The SMILES string of the molecule is CC(=O)N[C@H]1[C@H]([C@H](O)[C@H](O)CO)OC(C)=C[C@@H]1n1cc2c(Br)cccc2n1. The number of benzene rings is 1. The number of hydrogen-bond acceptors (Lipinski definition) is 6. The van der Waals surface area contributed by atoms with Gasteiger partial charge >= 0.3 is 0 Å². The molecule has 146 valence electrons. The van der Waals surface area contributed by atoms with Crippen LogP contribution in [-0.4, -0.2) is 62.0 Å². The van der Waals surface area contributed by atoms with Crippen molar-refractivity contribution in [2.75, 3.05) is 6.61 Å². The zero-order valence-corrected chi connectivity index (χ0v) is 16.5. The van der Waals surface area contributed by atoms with Crippen LogP contribution in [0.2, 0.25) is 0 Å². The number of hydrogen-bond donors (Lipinski definition) is 4. The van der Waals surface area contributed by atoms with Gasteiger partial charge in [-0.15, -0.1) is 0 Å². The molecule has 27 heavy (non-hydrogen) atoms. The van der Waals surface area contributed by atoms with Crippen molar-refractivity contribution in [3.63, 3.8) is 0 Å². The van der Waals surface area contributed by atoms with Gasteiger partial charge in [-0.05, 0) is 25.1 Å². The van der Waals surface area contributed by atoms with Gasteiger partial charge in [-0.2, -0.15) is 5.10 Å². The number of amides is 1. The number of nitrogens with one attached hydrogen (secondary N) is 1. The van der Waals surface area contributed by atoms with E-state index in [-0.39, 0.29) is 5.91 Å². The van der Waals surface area contributed by atoms with E-state index in [0.29, 0.717) is 5.76 Å². The van der Waals surface area contributed by atoms with E-state index >= 15 is 0 Å². The van der Waals surface area contributed by atoms with Gasteiger partial charge in [0, 0.05) is 23.0 Å². The molecule has 0 spiro atoms. The van der Waals surface area contributed by atoms with Crippen molar-refractivity contribution in [3.8, 4) is 0 Å². The van der Waals surface area contributed by atoms with Crippen molar-refractivity contribution in [3.05, 3.63) is 40.7 Å². The monoisotopic (exact) mass is 439 g/mol. The fraction of sp³-hybridized carbons (Fsp3) is 0.444. The van der Waals surface area contributed by atoms with Crippen LogP contribution >= 0.6 is 15.9 Å². The van der Waals surface area contributed by atoms with Crippen LogP contribution in [0.25, 0.3) is 10.9 Å². The average molecular weight is 440 g/mol. The van der Waals surface area contributed by atoms with Gasteiger partial charge in [-0.1, -0.05) is 22.0 Å². The molecule has 0 aliphatic carbocycles. The van der Waals surface area contributed by atoms with Gasteiger partial charge in [0.2, 0.25) is 5.91 Å². The molecule has 0 saturated heterocycles. The van der Waals surface area contributed by atoms with Gasteiger partial charge in [-0.25, -0.2) is 0 Å². The van der Waals surface area contributed by atoms with E-state index in [2.05, 4.69) is 26.3 Å². The number of halogens is 1. The molecule has 1 aromatic heterocycles. The highest BCUT2D eigenvalue weighted by molar-refractivity contribution is 9.10. The van der Waals surface area contributed by atoms with E-state index in [1.807, 2.05) is 24.4 Å². The van der Waals surface area contributed by atoms with Crippen LogP contribution in [0.1, 0.15) is 19.9 Å². The molecule has 9 heteroatoms. The number of aliphatic hydroxyl groups is 3.